The molecule has 3 amide bonds. The molecule has 0 fully saturated rings. The van der Waals surface area contributed by atoms with Crippen molar-refractivity contribution in [3.05, 3.63) is 106 Å². The van der Waals surface area contributed by atoms with Crippen LogP contribution in [-0.4, -0.2) is 11.9 Å². The van der Waals surface area contributed by atoms with E-state index in [1.54, 1.807) is 19.1 Å². The Bertz CT molecular complexity index is 1160. The van der Waals surface area contributed by atoms with Crippen molar-refractivity contribution in [2.75, 3.05) is 5.32 Å². The molecule has 0 saturated heterocycles. The number of carbonyl (C=O) groups is 2. The minimum absolute atomic E-state index is 0.294. The molecule has 0 aromatic heterocycles. The topological polar surface area (TPSA) is 79.5 Å². The Labute approximate surface area is 194 Å². The van der Waals surface area contributed by atoms with Crippen LogP contribution in [0, 0.1) is 0 Å². The van der Waals surface area contributed by atoms with E-state index < -0.39 is 6.04 Å². The van der Waals surface area contributed by atoms with Crippen molar-refractivity contribution < 1.29 is 14.3 Å². The Hall–Kier alpha value is -3.58. The summed E-state index contributed by atoms with van der Waals surface area (Å²) in [4.78, 5) is 25.3. The normalized spacial score (nSPS) is 15.6. The number of allylic oxidation sites excluding steroid dienone is 1. The highest BCUT2D eigenvalue weighted by atomic mass is 79.9. The molecule has 0 saturated carbocycles. The molecule has 162 valence electrons. The summed E-state index contributed by atoms with van der Waals surface area (Å²) in [6.07, 6.45) is 0. The molecule has 3 aromatic carbocycles. The maximum Gasteiger partial charge on any atom is 0.319 e. The first-order valence-electron chi connectivity index (χ1n) is 10.1. The van der Waals surface area contributed by atoms with E-state index in [-0.39, 0.29) is 11.9 Å². The SMILES string of the molecule is CC1=C(C(=O)Nc2ccc(Br)cc2)[C@H](c2cccc(OCc3ccccc3)c2)NC(=O)N1. The number of halogens is 1. The lowest BCUT2D eigenvalue weighted by Gasteiger charge is -2.29. The van der Waals surface area contributed by atoms with Gasteiger partial charge in [0.1, 0.15) is 12.4 Å². The van der Waals surface area contributed by atoms with E-state index in [2.05, 4.69) is 31.9 Å². The Balaban J connectivity index is 1.57. The van der Waals surface area contributed by atoms with Crippen molar-refractivity contribution in [2.45, 2.75) is 19.6 Å². The first kappa shape index (κ1) is 21.6. The average Bonchev–Trinajstić information content (AvgIpc) is 2.79. The molecule has 1 atom stereocenters. The highest BCUT2D eigenvalue weighted by Crippen LogP contribution is 2.30. The lowest BCUT2D eigenvalue weighted by atomic mass is 9.94. The van der Waals surface area contributed by atoms with Gasteiger partial charge in [0, 0.05) is 15.9 Å². The molecule has 3 aromatic rings. The van der Waals surface area contributed by atoms with E-state index in [0.29, 0.717) is 29.3 Å². The van der Waals surface area contributed by atoms with Gasteiger partial charge in [-0.2, -0.15) is 0 Å². The molecule has 1 heterocycles. The summed E-state index contributed by atoms with van der Waals surface area (Å²) in [5.74, 6) is 0.363. The van der Waals surface area contributed by atoms with Crippen molar-refractivity contribution in [3.63, 3.8) is 0 Å². The monoisotopic (exact) mass is 491 g/mol. The maximum atomic E-state index is 13.1. The van der Waals surface area contributed by atoms with Crippen LogP contribution in [0.15, 0.2) is 94.6 Å². The minimum Gasteiger partial charge on any atom is -0.489 e. The summed E-state index contributed by atoms with van der Waals surface area (Å²) in [6, 6.07) is 23.6. The third-order valence-electron chi connectivity index (χ3n) is 5.06. The molecule has 0 bridgehead atoms. The minimum atomic E-state index is -0.612. The van der Waals surface area contributed by atoms with E-state index in [4.69, 9.17) is 4.74 Å². The summed E-state index contributed by atoms with van der Waals surface area (Å²) >= 11 is 3.39. The van der Waals surface area contributed by atoms with Gasteiger partial charge in [-0.1, -0.05) is 58.4 Å². The number of rotatable bonds is 6. The van der Waals surface area contributed by atoms with E-state index in [1.165, 1.54) is 0 Å². The standard InChI is InChI=1S/C25H22BrN3O3/c1-16-22(24(30)28-20-12-10-19(26)11-13-20)23(29-25(31)27-16)18-8-5-9-21(14-18)32-15-17-6-3-2-4-7-17/h2-14,23H,15H2,1H3,(H,28,30)(H2,27,29,31)/t23-/m0/s1. The second kappa shape index (κ2) is 9.70. The Morgan fingerprint density at radius 1 is 1.03 bits per heavy atom. The number of hydrogen-bond acceptors (Lipinski definition) is 3. The zero-order chi connectivity index (χ0) is 22.5. The maximum absolute atomic E-state index is 13.1. The van der Waals surface area contributed by atoms with Crippen LogP contribution in [0.2, 0.25) is 0 Å². The quantitative estimate of drug-likeness (QED) is 0.437. The molecule has 0 aliphatic carbocycles. The van der Waals surface area contributed by atoms with Crippen LogP contribution in [-0.2, 0) is 11.4 Å². The van der Waals surface area contributed by atoms with Gasteiger partial charge in [0.05, 0.1) is 11.6 Å². The van der Waals surface area contributed by atoms with Crippen LogP contribution in [0.25, 0.3) is 0 Å². The largest absolute Gasteiger partial charge is 0.489 e. The molecule has 0 radical (unpaired) electrons. The second-order valence-corrected chi connectivity index (χ2v) is 8.29. The van der Waals surface area contributed by atoms with Crippen LogP contribution in [0.3, 0.4) is 0 Å². The van der Waals surface area contributed by atoms with Crippen molar-refractivity contribution in [1.29, 1.82) is 0 Å². The molecule has 1 aliphatic rings. The lowest BCUT2D eigenvalue weighted by Crippen LogP contribution is -2.45. The van der Waals surface area contributed by atoms with Crippen molar-refractivity contribution in [1.82, 2.24) is 10.6 Å². The number of amides is 3. The molecule has 0 spiro atoms. The fourth-order valence-corrected chi connectivity index (χ4v) is 3.77. The highest BCUT2D eigenvalue weighted by molar-refractivity contribution is 9.10. The zero-order valence-corrected chi connectivity index (χ0v) is 19.0. The van der Waals surface area contributed by atoms with Gasteiger partial charge in [-0.25, -0.2) is 4.79 Å². The molecular weight excluding hydrogens is 470 g/mol. The van der Waals surface area contributed by atoms with Crippen LogP contribution in [0.1, 0.15) is 24.1 Å². The fourth-order valence-electron chi connectivity index (χ4n) is 3.50. The van der Waals surface area contributed by atoms with Crippen LogP contribution >= 0.6 is 15.9 Å². The molecule has 0 unspecified atom stereocenters. The lowest BCUT2D eigenvalue weighted by molar-refractivity contribution is -0.113. The van der Waals surface area contributed by atoms with E-state index in [0.717, 1.165) is 15.6 Å². The molecule has 1 aliphatic heterocycles. The Morgan fingerprint density at radius 2 is 1.78 bits per heavy atom. The fraction of sp³-hybridized carbons (Fsp3) is 0.120. The van der Waals surface area contributed by atoms with Crippen molar-refractivity contribution >= 4 is 33.6 Å². The number of urea groups is 1. The van der Waals surface area contributed by atoms with E-state index >= 15 is 0 Å². The van der Waals surface area contributed by atoms with Gasteiger partial charge in [0.2, 0.25) is 0 Å². The molecule has 6 nitrogen and oxygen atoms in total. The summed E-state index contributed by atoms with van der Waals surface area (Å²) < 4.78 is 6.85. The molecular formula is C25H22BrN3O3. The van der Waals surface area contributed by atoms with Crippen LogP contribution in [0.5, 0.6) is 5.75 Å². The smallest absolute Gasteiger partial charge is 0.319 e. The second-order valence-electron chi connectivity index (χ2n) is 7.38. The van der Waals surface area contributed by atoms with E-state index in [1.807, 2.05) is 66.7 Å². The summed E-state index contributed by atoms with van der Waals surface area (Å²) in [5.41, 5.74) is 3.41. The number of benzene rings is 3. The summed E-state index contributed by atoms with van der Waals surface area (Å²) in [5, 5.41) is 8.46. The highest BCUT2D eigenvalue weighted by Gasteiger charge is 2.31. The number of nitrogens with one attached hydrogen (secondary N) is 3. The third kappa shape index (κ3) is 5.18. The Kier molecular flexibility index (Phi) is 6.56. The number of anilines is 1. The molecule has 7 heteroatoms. The van der Waals surface area contributed by atoms with Gasteiger partial charge < -0.3 is 20.7 Å². The Morgan fingerprint density at radius 3 is 2.53 bits per heavy atom. The van der Waals surface area contributed by atoms with Gasteiger partial charge in [0.15, 0.2) is 0 Å². The van der Waals surface area contributed by atoms with Gasteiger partial charge in [-0.05, 0) is 54.4 Å². The van der Waals surface area contributed by atoms with E-state index in [9.17, 15) is 9.59 Å². The van der Waals surface area contributed by atoms with Crippen LogP contribution < -0.4 is 20.7 Å². The van der Waals surface area contributed by atoms with Gasteiger partial charge in [-0.15, -0.1) is 0 Å². The van der Waals surface area contributed by atoms with Gasteiger partial charge in [0.25, 0.3) is 5.91 Å². The van der Waals surface area contributed by atoms with Crippen molar-refractivity contribution in [3.8, 4) is 5.75 Å². The number of carbonyl (C=O) groups excluding carboxylic acids is 2. The first-order valence-corrected chi connectivity index (χ1v) is 10.9. The van der Waals surface area contributed by atoms with Gasteiger partial charge in [-0.3, -0.25) is 4.79 Å². The van der Waals surface area contributed by atoms with Gasteiger partial charge >= 0.3 is 6.03 Å². The zero-order valence-electron chi connectivity index (χ0n) is 17.4. The third-order valence-corrected chi connectivity index (χ3v) is 5.58. The molecule has 3 N–H and O–H groups in total. The average molecular weight is 492 g/mol. The van der Waals surface area contributed by atoms with Crippen LogP contribution in [0.4, 0.5) is 10.5 Å². The predicted molar refractivity (Wildman–Crippen MR) is 127 cm³/mol. The first-order chi connectivity index (χ1) is 15.5. The summed E-state index contributed by atoms with van der Waals surface area (Å²) in [6.45, 7) is 2.15. The molecule has 4 rings (SSSR count). The van der Waals surface area contributed by atoms with Crippen molar-refractivity contribution in [2.24, 2.45) is 0 Å². The molecule has 32 heavy (non-hydrogen) atoms. The summed E-state index contributed by atoms with van der Waals surface area (Å²) in [7, 11) is 0. The number of hydrogen-bond donors (Lipinski definition) is 3. The predicted octanol–water partition coefficient (Wildman–Crippen LogP) is 5.29. The number of ether oxygens (including phenoxy) is 1.